The molecular weight excluding hydrogens is 314 g/mol. The fraction of sp³-hybridized carbons (Fsp3) is 0.941. The zero-order valence-electron chi connectivity index (χ0n) is 13.6. The first-order valence-corrected chi connectivity index (χ1v) is 9.68. The molecule has 120 valence electrons. The van der Waals surface area contributed by atoms with Gasteiger partial charge in [-0.3, -0.25) is 4.79 Å². The Labute approximate surface area is 134 Å². The summed E-state index contributed by atoms with van der Waals surface area (Å²) in [6, 6.07) is 0.318. The lowest BCUT2D eigenvalue weighted by molar-refractivity contribution is -0.121. The van der Waals surface area contributed by atoms with Crippen molar-refractivity contribution in [1.29, 1.82) is 0 Å². The second-order valence-electron chi connectivity index (χ2n) is 5.88. The quantitative estimate of drug-likeness (QED) is 0.322. The number of rotatable bonds is 14. The van der Waals surface area contributed by atoms with Crippen molar-refractivity contribution in [3.05, 3.63) is 0 Å². The Balaban J connectivity index is 3.26. The van der Waals surface area contributed by atoms with Crippen molar-refractivity contribution < 1.29 is 4.79 Å². The minimum absolute atomic E-state index is 0.231. The van der Waals surface area contributed by atoms with Crippen molar-refractivity contribution in [1.82, 2.24) is 5.32 Å². The van der Waals surface area contributed by atoms with Crippen LogP contribution in [0.1, 0.15) is 90.9 Å². The van der Waals surface area contributed by atoms with Crippen molar-refractivity contribution in [3.63, 3.8) is 0 Å². The van der Waals surface area contributed by atoms with Crippen molar-refractivity contribution in [2.24, 2.45) is 0 Å². The van der Waals surface area contributed by atoms with E-state index in [1.807, 2.05) is 0 Å². The van der Waals surface area contributed by atoms with Gasteiger partial charge < -0.3 is 5.32 Å². The Bertz CT molecular complexity index is 221. The van der Waals surface area contributed by atoms with E-state index in [2.05, 4.69) is 35.1 Å². The Morgan fingerprint density at radius 2 is 1.50 bits per heavy atom. The predicted octanol–water partition coefficient (Wildman–Crippen LogP) is 5.59. The number of hydrogen-bond donors (Lipinski definition) is 1. The third kappa shape index (κ3) is 14.4. The van der Waals surface area contributed by atoms with E-state index in [-0.39, 0.29) is 5.91 Å². The minimum Gasteiger partial charge on any atom is -0.354 e. The standard InChI is InChI=1S/C17H34BrNO/c1-3-4-5-6-7-8-9-10-11-14-17(20)19-16(2)13-12-15-18/h16H,3-15H2,1-2H3,(H,19,20). The molecule has 0 fully saturated rings. The van der Waals surface area contributed by atoms with Gasteiger partial charge >= 0.3 is 0 Å². The molecule has 2 nitrogen and oxygen atoms in total. The van der Waals surface area contributed by atoms with E-state index >= 15 is 0 Å². The Kier molecular flexibility index (Phi) is 15.3. The number of alkyl halides is 1. The van der Waals surface area contributed by atoms with E-state index in [0.29, 0.717) is 12.5 Å². The maximum Gasteiger partial charge on any atom is 0.220 e. The van der Waals surface area contributed by atoms with Crippen LogP contribution in [0.2, 0.25) is 0 Å². The number of halogens is 1. The summed E-state index contributed by atoms with van der Waals surface area (Å²) >= 11 is 3.42. The lowest BCUT2D eigenvalue weighted by Gasteiger charge is -2.12. The molecule has 1 N–H and O–H groups in total. The summed E-state index contributed by atoms with van der Waals surface area (Å²) in [6.07, 6.45) is 14.6. The number of unbranched alkanes of at least 4 members (excludes halogenated alkanes) is 8. The molecule has 0 aromatic rings. The highest BCUT2D eigenvalue weighted by Gasteiger charge is 2.06. The lowest BCUT2D eigenvalue weighted by atomic mass is 10.1. The maximum atomic E-state index is 11.7. The molecule has 0 radical (unpaired) electrons. The molecule has 0 spiro atoms. The normalized spacial score (nSPS) is 12.3. The van der Waals surface area contributed by atoms with Gasteiger partial charge in [0, 0.05) is 17.8 Å². The number of carbonyl (C=O) groups is 1. The van der Waals surface area contributed by atoms with Crippen molar-refractivity contribution in [3.8, 4) is 0 Å². The van der Waals surface area contributed by atoms with E-state index in [1.54, 1.807) is 0 Å². The number of nitrogens with one attached hydrogen (secondary N) is 1. The molecule has 3 heteroatoms. The average Bonchev–Trinajstić information content (AvgIpc) is 2.43. The summed E-state index contributed by atoms with van der Waals surface area (Å²) in [6.45, 7) is 4.35. The van der Waals surface area contributed by atoms with Crippen LogP contribution in [0.25, 0.3) is 0 Å². The first-order chi connectivity index (χ1) is 9.70. The molecule has 0 aromatic carbocycles. The molecule has 0 bridgehead atoms. The largest absolute Gasteiger partial charge is 0.354 e. The summed E-state index contributed by atoms with van der Waals surface area (Å²) in [5, 5.41) is 4.10. The molecule has 20 heavy (non-hydrogen) atoms. The molecule has 1 atom stereocenters. The molecule has 0 saturated carbocycles. The molecule has 1 unspecified atom stereocenters. The average molecular weight is 348 g/mol. The second kappa shape index (κ2) is 15.3. The Hall–Kier alpha value is -0.0500. The van der Waals surface area contributed by atoms with Crippen LogP contribution in [0.3, 0.4) is 0 Å². The second-order valence-corrected chi connectivity index (χ2v) is 6.67. The molecule has 0 rings (SSSR count). The Morgan fingerprint density at radius 1 is 0.950 bits per heavy atom. The molecule has 0 heterocycles. The first-order valence-electron chi connectivity index (χ1n) is 8.56. The fourth-order valence-corrected chi connectivity index (χ4v) is 2.72. The molecule has 0 saturated heterocycles. The van der Waals surface area contributed by atoms with Gasteiger partial charge in [0.1, 0.15) is 0 Å². The number of amides is 1. The molecule has 0 aliphatic rings. The van der Waals surface area contributed by atoms with Crippen LogP contribution in [-0.4, -0.2) is 17.3 Å². The lowest BCUT2D eigenvalue weighted by Crippen LogP contribution is -2.32. The van der Waals surface area contributed by atoms with Crippen LogP contribution in [0.5, 0.6) is 0 Å². The Morgan fingerprint density at radius 3 is 2.05 bits per heavy atom. The highest BCUT2D eigenvalue weighted by atomic mass is 79.9. The van der Waals surface area contributed by atoms with Gasteiger partial charge in [0.2, 0.25) is 5.91 Å². The van der Waals surface area contributed by atoms with Gasteiger partial charge in [-0.15, -0.1) is 0 Å². The summed E-state index contributed by atoms with van der Waals surface area (Å²) in [4.78, 5) is 11.7. The van der Waals surface area contributed by atoms with Crippen LogP contribution < -0.4 is 5.32 Å². The minimum atomic E-state index is 0.231. The summed E-state index contributed by atoms with van der Waals surface area (Å²) < 4.78 is 0. The highest BCUT2D eigenvalue weighted by Crippen LogP contribution is 2.10. The molecule has 0 aliphatic carbocycles. The van der Waals surface area contributed by atoms with Gasteiger partial charge in [-0.05, 0) is 26.2 Å². The van der Waals surface area contributed by atoms with E-state index in [0.717, 1.165) is 24.6 Å². The molecule has 0 aromatic heterocycles. The molecular formula is C17H34BrNO. The summed E-state index contributed by atoms with van der Waals surface area (Å²) in [5.74, 6) is 0.231. The first kappa shape index (κ1) is 19.9. The zero-order valence-corrected chi connectivity index (χ0v) is 15.1. The third-order valence-corrected chi connectivity index (χ3v) is 4.25. The topological polar surface area (TPSA) is 29.1 Å². The van der Waals surface area contributed by atoms with Gasteiger partial charge in [0.25, 0.3) is 0 Å². The SMILES string of the molecule is CCCCCCCCCCCC(=O)NC(C)CCCBr. The van der Waals surface area contributed by atoms with E-state index in [9.17, 15) is 4.79 Å². The summed E-state index contributed by atoms with van der Waals surface area (Å²) in [5.41, 5.74) is 0. The smallest absolute Gasteiger partial charge is 0.220 e. The van der Waals surface area contributed by atoms with Gasteiger partial charge in [-0.2, -0.15) is 0 Å². The van der Waals surface area contributed by atoms with Crippen molar-refractivity contribution in [2.45, 2.75) is 96.9 Å². The van der Waals surface area contributed by atoms with Gasteiger partial charge in [-0.25, -0.2) is 0 Å². The van der Waals surface area contributed by atoms with E-state index < -0.39 is 0 Å². The van der Waals surface area contributed by atoms with E-state index in [4.69, 9.17) is 0 Å². The van der Waals surface area contributed by atoms with Crippen LogP contribution in [0.15, 0.2) is 0 Å². The molecule has 0 aliphatic heterocycles. The fourth-order valence-electron chi connectivity index (χ4n) is 2.40. The summed E-state index contributed by atoms with van der Waals surface area (Å²) in [7, 11) is 0. The van der Waals surface area contributed by atoms with Gasteiger partial charge in [0.05, 0.1) is 0 Å². The third-order valence-electron chi connectivity index (χ3n) is 3.69. The predicted molar refractivity (Wildman–Crippen MR) is 92.5 cm³/mol. The van der Waals surface area contributed by atoms with Crippen LogP contribution >= 0.6 is 15.9 Å². The highest BCUT2D eigenvalue weighted by molar-refractivity contribution is 9.09. The number of carbonyl (C=O) groups excluding carboxylic acids is 1. The maximum absolute atomic E-state index is 11.7. The van der Waals surface area contributed by atoms with Crippen molar-refractivity contribution >= 4 is 21.8 Å². The van der Waals surface area contributed by atoms with Gasteiger partial charge in [-0.1, -0.05) is 74.2 Å². The monoisotopic (exact) mass is 347 g/mol. The number of hydrogen-bond acceptors (Lipinski definition) is 1. The zero-order chi connectivity index (χ0) is 15.1. The van der Waals surface area contributed by atoms with Crippen LogP contribution in [0.4, 0.5) is 0 Å². The van der Waals surface area contributed by atoms with Gasteiger partial charge in [0.15, 0.2) is 0 Å². The van der Waals surface area contributed by atoms with Crippen molar-refractivity contribution in [2.75, 3.05) is 5.33 Å². The molecule has 1 amide bonds. The van der Waals surface area contributed by atoms with Crippen LogP contribution in [-0.2, 0) is 4.79 Å². The van der Waals surface area contributed by atoms with E-state index in [1.165, 1.54) is 51.4 Å². The van der Waals surface area contributed by atoms with Crippen LogP contribution in [0, 0.1) is 0 Å².